The molecular weight excluding hydrogens is 180 g/mol. The zero-order valence-corrected chi connectivity index (χ0v) is 8.45. The van der Waals surface area contributed by atoms with Gasteiger partial charge in [-0.3, -0.25) is 4.79 Å². The number of carbonyl (C=O) groups is 1. The molecule has 2 aliphatic rings. The molecule has 3 nitrogen and oxygen atoms in total. The van der Waals surface area contributed by atoms with Gasteiger partial charge < -0.3 is 9.84 Å². The van der Waals surface area contributed by atoms with Crippen molar-refractivity contribution in [3.8, 4) is 0 Å². The van der Waals surface area contributed by atoms with Gasteiger partial charge in [0, 0.05) is 0 Å². The van der Waals surface area contributed by atoms with Gasteiger partial charge in [-0.25, -0.2) is 0 Å². The van der Waals surface area contributed by atoms with Crippen LogP contribution < -0.4 is 0 Å². The minimum Gasteiger partial charge on any atom is -0.465 e. The van der Waals surface area contributed by atoms with Crippen molar-refractivity contribution in [3.63, 3.8) is 0 Å². The maximum Gasteiger partial charge on any atom is 0.309 e. The topological polar surface area (TPSA) is 46.5 Å². The predicted octanol–water partition coefficient (Wildman–Crippen LogP) is 1.49. The fourth-order valence-electron chi connectivity index (χ4n) is 2.58. The summed E-state index contributed by atoms with van der Waals surface area (Å²) in [7, 11) is 0. The molecule has 0 unspecified atom stereocenters. The molecule has 14 heavy (non-hydrogen) atoms. The van der Waals surface area contributed by atoms with Crippen LogP contribution in [0.5, 0.6) is 0 Å². The molecule has 1 aliphatic carbocycles. The normalized spacial score (nSPS) is 38.4. The van der Waals surface area contributed by atoms with Gasteiger partial charge in [0.25, 0.3) is 0 Å². The highest BCUT2D eigenvalue weighted by molar-refractivity contribution is 5.74. The Bertz CT molecular complexity index is 215. The van der Waals surface area contributed by atoms with Crippen LogP contribution in [0, 0.1) is 11.8 Å². The van der Waals surface area contributed by atoms with Gasteiger partial charge in [0.2, 0.25) is 0 Å². The summed E-state index contributed by atoms with van der Waals surface area (Å²) in [6, 6.07) is 0. The van der Waals surface area contributed by atoms with E-state index in [9.17, 15) is 9.90 Å². The Morgan fingerprint density at radius 3 is 2.71 bits per heavy atom. The number of hydrogen-bond acceptors (Lipinski definition) is 3. The first-order valence-corrected chi connectivity index (χ1v) is 5.62. The van der Waals surface area contributed by atoms with Crippen LogP contribution in [0.15, 0.2) is 0 Å². The van der Waals surface area contributed by atoms with Gasteiger partial charge in [-0.2, -0.15) is 0 Å². The molecule has 1 heterocycles. The highest BCUT2D eigenvalue weighted by Gasteiger charge is 2.32. The van der Waals surface area contributed by atoms with E-state index in [-0.39, 0.29) is 18.0 Å². The smallest absolute Gasteiger partial charge is 0.309 e. The lowest BCUT2D eigenvalue weighted by atomic mass is 9.80. The molecule has 0 radical (unpaired) electrons. The number of hydrogen-bond donors (Lipinski definition) is 1. The van der Waals surface area contributed by atoms with Gasteiger partial charge in [0.1, 0.15) is 0 Å². The first-order valence-electron chi connectivity index (χ1n) is 5.62. The zero-order chi connectivity index (χ0) is 9.97. The van der Waals surface area contributed by atoms with Gasteiger partial charge in [-0.05, 0) is 31.6 Å². The van der Waals surface area contributed by atoms with Crippen LogP contribution in [-0.2, 0) is 9.53 Å². The molecule has 0 aromatic heterocycles. The molecule has 0 spiro atoms. The molecule has 1 saturated carbocycles. The number of aliphatic hydroxyl groups is 1. The minimum atomic E-state index is -0.183. The first kappa shape index (κ1) is 9.97. The van der Waals surface area contributed by atoms with Crippen LogP contribution >= 0.6 is 0 Å². The lowest BCUT2D eigenvalue weighted by molar-refractivity contribution is -0.142. The summed E-state index contributed by atoms with van der Waals surface area (Å²) in [5.41, 5.74) is 0. The fourth-order valence-corrected chi connectivity index (χ4v) is 2.58. The summed E-state index contributed by atoms with van der Waals surface area (Å²) in [4.78, 5) is 11.3. The van der Waals surface area contributed by atoms with Crippen molar-refractivity contribution >= 4 is 5.97 Å². The lowest BCUT2D eigenvalue weighted by Crippen LogP contribution is -2.27. The van der Waals surface area contributed by atoms with Crippen LogP contribution in [0.3, 0.4) is 0 Å². The third kappa shape index (κ3) is 2.08. The molecule has 80 valence electrons. The summed E-state index contributed by atoms with van der Waals surface area (Å²) < 4.78 is 4.92. The van der Waals surface area contributed by atoms with Crippen molar-refractivity contribution in [2.45, 2.75) is 44.6 Å². The monoisotopic (exact) mass is 198 g/mol. The van der Waals surface area contributed by atoms with Crippen LogP contribution in [-0.4, -0.2) is 23.8 Å². The van der Waals surface area contributed by atoms with Gasteiger partial charge in [0.15, 0.2) is 0 Å². The number of esters is 1. The maximum atomic E-state index is 11.3. The number of cyclic esters (lactones) is 1. The molecule has 1 saturated heterocycles. The van der Waals surface area contributed by atoms with E-state index in [1.807, 2.05) is 0 Å². The second-order valence-corrected chi connectivity index (χ2v) is 4.50. The molecular formula is C11H18O3. The van der Waals surface area contributed by atoms with Gasteiger partial charge >= 0.3 is 5.97 Å². The second-order valence-electron chi connectivity index (χ2n) is 4.50. The molecule has 0 aromatic carbocycles. The Hall–Kier alpha value is -0.570. The molecule has 1 aliphatic heterocycles. The zero-order valence-electron chi connectivity index (χ0n) is 8.45. The van der Waals surface area contributed by atoms with E-state index in [1.54, 1.807) is 0 Å². The molecule has 0 bridgehead atoms. The van der Waals surface area contributed by atoms with Crippen molar-refractivity contribution in [2.75, 3.05) is 6.61 Å². The van der Waals surface area contributed by atoms with E-state index in [0.717, 1.165) is 32.1 Å². The average molecular weight is 198 g/mol. The second kappa shape index (κ2) is 4.30. The quantitative estimate of drug-likeness (QED) is 0.684. The Morgan fingerprint density at radius 2 is 2.07 bits per heavy atom. The average Bonchev–Trinajstić information content (AvgIpc) is 2.56. The van der Waals surface area contributed by atoms with Crippen molar-refractivity contribution < 1.29 is 14.6 Å². The first-order chi connectivity index (χ1) is 6.77. The van der Waals surface area contributed by atoms with Crippen LogP contribution in [0.25, 0.3) is 0 Å². The highest BCUT2D eigenvalue weighted by Crippen LogP contribution is 2.32. The molecule has 3 atom stereocenters. The highest BCUT2D eigenvalue weighted by atomic mass is 16.5. The van der Waals surface area contributed by atoms with Crippen LogP contribution in [0.2, 0.25) is 0 Å². The molecule has 3 heteroatoms. The summed E-state index contributed by atoms with van der Waals surface area (Å²) >= 11 is 0. The SMILES string of the molecule is O=C1OCC[C@H]1C[C@@H]1CCCC[C@H]1O. The Morgan fingerprint density at radius 1 is 1.29 bits per heavy atom. The predicted molar refractivity (Wildman–Crippen MR) is 51.6 cm³/mol. The Balaban J connectivity index is 1.86. The van der Waals surface area contributed by atoms with Crippen LogP contribution in [0.1, 0.15) is 38.5 Å². The molecule has 1 N–H and O–H groups in total. The summed E-state index contributed by atoms with van der Waals surface area (Å²) in [6.45, 7) is 0.576. The third-order valence-electron chi connectivity index (χ3n) is 3.50. The summed E-state index contributed by atoms with van der Waals surface area (Å²) in [5.74, 6) is 0.343. The van der Waals surface area contributed by atoms with E-state index >= 15 is 0 Å². The molecule has 0 amide bonds. The van der Waals surface area contributed by atoms with Gasteiger partial charge in [-0.1, -0.05) is 12.8 Å². The Labute approximate surface area is 84.4 Å². The van der Waals surface area contributed by atoms with Crippen molar-refractivity contribution in [1.29, 1.82) is 0 Å². The van der Waals surface area contributed by atoms with Crippen LogP contribution in [0.4, 0.5) is 0 Å². The number of rotatable bonds is 2. The Kier molecular flexibility index (Phi) is 3.06. The van der Waals surface area contributed by atoms with E-state index in [4.69, 9.17) is 4.74 Å². The van der Waals surface area contributed by atoms with E-state index in [1.165, 1.54) is 6.42 Å². The van der Waals surface area contributed by atoms with E-state index in [2.05, 4.69) is 0 Å². The molecule has 2 rings (SSSR count). The minimum absolute atomic E-state index is 0.0530. The number of carbonyl (C=O) groups excluding carboxylic acids is 1. The number of aliphatic hydroxyl groups excluding tert-OH is 1. The molecule has 2 fully saturated rings. The lowest BCUT2D eigenvalue weighted by Gasteiger charge is -2.28. The van der Waals surface area contributed by atoms with Crippen molar-refractivity contribution in [1.82, 2.24) is 0 Å². The maximum absolute atomic E-state index is 11.3. The number of ether oxygens (including phenoxy) is 1. The van der Waals surface area contributed by atoms with E-state index in [0.29, 0.717) is 12.5 Å². The van der Waals surface area contributed by atoms with E-state index < -0.39 is 0 Å². The van der Waals surface area contributed by atoms with Crippen molar-refractivity contribution in [2.24, 2.45) is 11.8 Å². The summed E-state index contributed by atoms with van der Waals surface area (Å²) in [5, 5.41) is 9.76. The van der Waals surface area contributed by atoms with Gasteiger partial charge in [0.05, 0.1) is 18.6 Å². The largest absolute Gasteiger partial charge is 0.465 e. The van der Waals surface area contributed by atoms with Gasteiger partial charge in [-0.15, -0.1) is 0 Å². The molecule has 0 aromatic rings. The van der Waals surface area contributed by atoms with Crippen molar-refractivity contribution in [3.05, 3.63) is 0 Å². The fraction of sp³-hybridized carbons (Fsp3) is 0.909. The summed E-state index contributed by atoms with van der Waals surface area (Å²) in [6.07, 6.45) is 5.81. The third-order valence-corrected chi connectivity index (χ3v) is 3.50. The standard InChI is InChI=1S/C11H18O3/c12-10-4-2-1-3-8(10)7-9-5-6-14-11(9)13/h8-10,12H,1-7H2/t8-,9-,10+/m0/s1.